The molecule has 0 radical (unpaired) electrons. The van der Waals surface area contributed by atoms with Crippen LogP contribution >= 0.6 is 0 Å². The summed E-state index contributed by atoms with van der Waals surface area (Å²) in [6.07, 6.45) is 3.58. The van der Waals surface area contributed by atoms with Gasteiger partial charge in [0.25, 0.3) is 0 Å². The van der Waals surface area contributed by atoms with Crippen molar-refractivity contribution in [1.82, 2.24) is 0 Å². The maximum Gasteiger partial charge on any atom is 0.149 e. The van der Waals surface area contributed by atoms with Crippen molar-refractivity contribution >= 4 is 5.69 Å². The Hall–Kier alpha value is -1.16. The molecule has 21 heavy (non-hydrogen) atoms. The minimum Gasteiger partial charge on any atom is -0.366 e. The van der Waals surface area contributed by atoms with Crippen LogP contribution in [-0.2, 0) is 6.42 Å². The van der Waals surface area contributed by atoms with Crippen LogP contribution in [0, 0.1) is 17.0 Å². The van der Waals surface area contributed by atoms with E-state index in [1.807, 2.05) is 11.8 Å². The average molecular weight is 296 g/mol. The molecule has 1 heterocycles. The van der Waals surface area contributed by atoms with Gasteiger partial charge in [0.15, 0.2) is 0 Å². The molecule has 118 valence electrons. The lowest BCUT2D eigenvalue weighted by Crippen LogP contribution is -2.27. The molecule has 1 unspecified atom stereocenters. The van der Waals surface area contributed by atoms with Crippen molar-refractivity contribution in [2.45, 2.75) is 52.5 Å². The first-order chi connectivity index (χ1) is 9.90. The lowest BCUT2D eigenvalue weighted by Gasteiger charge is -2.27. The monoisotopic (exact) mass is 296 g/mol. The second kappa shape index (κ2) is 6.30. The minimum absolute atomic E-state index is 0.103. The van der Waals surface area contributed by atoms with Crippen molar-refractivity contribution in [1.29, 1.82) is 0 Å². The highest BCUT2D eigenvalue weighted by Gasteiger charge is 2.36. The summed E-state index contributed by atoms with van der Waals surface area (Å²) in [6.45, 7) is 7.61. The first-order valence-corrected chi connectivity index (χ1v) is 7.89. The summed E-state index contributed by atoms with van der Waals surface area (Å²) < 4.78 is 28.7. The van der Waals surface area contributed by atoms with Gasteiger partial charge >= 0.3 is 0 Å². The molecule has 1 aliphatic heterocycles. The summed E-state index contributed by atoms with van der Waals surface area (Å²) in [5.41, 5.74) is 6.66. The molecule has 1 saturated heterocycles. The van der Waals surface area contributed by atoms with Crippen LogP contribution in [0.25, 0.3) is 0 Å². The third kappa shape index (κ3) is 3.37. The molecule has 0 aromatic heterocycles. The fraction of sp³-hybridized carbons (Fsp3) is 0.647. The Morgan fingerprint density at radius 1 is 1.24 bits per heavy atom. The highest BCUT2D eigenvalue weighted by atomic mass is 19.1. The molecular weight excluding hydrogens is 270 g/mol. The molecule has 1 aromatic carbocycles. The van der Waals surface area contributed by atoms with Crippen molar-refractivity contribution in [2.75, 3.05) is 18.0 Å². The van der Waals surface area contributed by atoms with Crippen molar-refractivity contribution in [3.63, 3.8) is 0 Å². The Labute approximate surface area is 126 Å². The predicted molar refractivity (Wildman–Crippen MR) is 83.6 cm³/mol. The second-order valence-corrected chi connectivity index (χ2v) is 6.47. The SMILES string of the molecule is CCC1(CC)CCN(c2c(F)cc(CC(C)N)cc2F)C1. The smallest absolute Gasteiger partial charge is 0.149 e. The van der Waals surface area contributed by atoms with E-state index in [0.29, 0.717) is 12.0 Å². The van der Waals surface area contributed by atoms with Crippen LogP contribution < -0.4 is 10.6 Å². The maximum atomic E-state index is 14.4. The molecule has 1 aromatic rings. The summed E-state index contributed by atoms with van der Waals surface area (Å²) in [4.78, 5) is 1.87. The van der Waals surface area contributed by atoms with Gasteiger partial charge < -0.3 is 10.6 Å². The van der Waals surface area contributed by atoms with E-state index < -0.39 is 11.6 Å². The number of rotatable bonds is 5. The second-order valence-electron chi connectivity index (χ2n) is 6.47. The standard InChI is InChI=1S/C17H26F2N2/c1-4-17(5-2)6-7-21(11-17)16-14(18)9-13(8-12(3)20)10-15(16)19/h9-10,12H,4-8,11,20H2,1-3H3. The minimum atomic E-state index is -0.464. The zero-order valence-electron chi connectivity index (χ0n) is 13.3. The molecule has 0 amide bonds. The van der Waals surface area contributed by atoms with E-state index in [0.717, 1.165) is 32.4 Å². The lowest BCUT2D eigenvalue weighted by molar-refractivity contribution is 0.301. The average Bonchev–Trinajstić information content (AvgIpc) is 2.82. The van der Waals surface area contributed by atoms with Crippen LogP contribution in [0.4, 0.5) is 14.5 Å². The van der Waals surface area contributed by atoms with Crippen LogP contribution in [0.3, 0.4) is 0 Å². The Kier molecular flexibility index (Phi) is 4.87. The molecule has 0 aliphatic carbocycles. The van der Waals surface area contributed by atoms with E-state index >= 15 is 0 Å². The Bertz CT molecular complexity index is 473. The number of benzene rings is 1. The number of anilines is 1. The van der Waals surface area contributed by atoms with Gasteiger partial charge in [0.05, 0.1) is 0 Å². The molecule has 1 fully saturated rings. The summed E-state index contributed by atoms with van der Waals surface area (Å²) in [5.74, 6) is -0.928. The third-order valence-corrected chi connectivity index (χ3v) is 4.89. The number of nitrogens with zero attached hydrogens (tertiary/aromatic N) is 1. The van der Waals surface area contributed by atoms with Crippen molar-refractivity contribution in [2.24, 2.45) is 11.1 Å². The fourth-order valence-electron chi connectivity index (χ4n) is 3.36. The molecule has 0 spiro atoms. The first kappa shape index (κ1) is 16.2. The van der Waals surface area contributed by atoms with Gasteiger partial charge in [-0.25, -0.2) is 8.78 Å². The summed E-state index contributed by atoms with van der Waals surface area (Å²) in [5, 5.41) is 0. The zero-order chi connectivity index (χ0) is 15.6. The number of nitrogens with two attached hydrogens (primary N) is 1. The van der Waals surface area contributed by atoms with Crippen LogP contribution in [0.15, 0.2) is 12.1 Å². The van der Waals surface area contributed by atoms with Crippen molar-refractivity contribution in [3.8, 4) is 0 Å². The van der Waals surface area contributed by atoms with Crippen molar-refractivity contribution < 1.29 is 8.78 Å². The van der Waals surface area contributed by atoms with E-state index in [2.05, 4.69) is 13.8 Å². The summed E-state index contributed by atoms with van der Waals surface area (Å²) >= 11 is 0. The predicted octanol–water partition coefficient (Wildman–Crippen LogP) is 3.87. The van der Waals surface area contributed by atoms with Crippen LogP contribution in [-0.4, -0.2) is 19.1 Å². The van der Waals surface area contributed by atoms with Gasteiger partial charge in [0.2, 0.25) is 0 Å². The van der Waals surface area contributed by atoms with Gasteiger partial charge in [-0.1, -0.05) is 13.8 Å². The number of hydrogen-bond donors (Lipinski definition) is 1. The molecule has 4 heteroatoms. The van der Waals surface area contributed by atoms with Gasteiger partial charge in [0.1, 0.15) is 17.3 Å². The Morgan fingerprint density at radius 3 is 2.24 bits per heavy atom. The highest BCUT2D eigenvalue weighted by Crippen LogP contribution is 2.40. The fourth-order valence-corrected chi connectivity index (χ4v) is 3.36. The topological polar surface area (TPSA) is 29.3 Å². The Balaban J connectivity index is 2.25. The van der Waals surface area contributed by atoms with Gasteiger partial charge in [-0.3, -0.25) is 0 Å². The molecule has 0 bridgehead atoms. The van der Waals surface area contributed by atoms with Crippen LogP contribution in [0.2, 0.25) is 0 Å². The molecule has 2 nitrogen and oxygen atoms in total. The van der Waals surface area contributed by atoms with Gasteiger partial charge in [-0.05, 0) is 55.7 Å². The first-order valence-electron chi connectivity index (χ1n) is 7.89. The van der Waals surface area contributed by atoms with Gasteiger partial charge in [0, 0.05) is 19.1 Å². The molecular formula is C17H26F2N2. The molecule has 2 N–H and O–H groups in total. The molecule has 1 atom stereocenters. The van der Waals surface area contributed by atoms with Crippen molar-refractivity contribution in [3.05, 3.63) is 29.3 Å². The quantitative estimate of drug-likeness (QED) is 0.893. The maximum absolute atomic E-state index is 14.4. The van der Waals surface area contributed by atoms with Gasteiger partial charge in [-0.2, -0.15) is 0 Å². The van der Waals surface area contributed by atoms with E-state index in [4.69, 9.17) is 5.73 Å². The van der Waals surface area contributed by atoms with E-state index in [-0.39, 0.29) is 17.1 Å². The third-order valence-electron chi connectivity index (χ3n) is 4.89. The van der Waals surface area contributed by atoms with E-state index in [1.165, 1.54) is 12.1 Å². The van der Waals surface area contributed by atoms with Gasteiger partial charge in [-0.15, -0.1) is 0 Å². The molecule has 2 rings (SSSR count). The van der Waals surface area contributed by atoms with E-state index in [1.54, 1.807) is 0 Å². The Morgan fingerprint density at radius 2 is 1.81 bits per heavy atom. The lowest BCUT2D eigenvalue weighted by atomic mass is 9.82. The normalized spacial score (nSPS) is 19.0. The van der Waals surface area contributed by atoms with Crippen LogP contribution in [0.1, 0.15) is 45.6 Å². The van der Waals surface area contributed by atoms with Crippen LogP contribution in [0.5, 0.6) is 0 Å². The van der Waals surface area contributed by atoms with E-state index in [9.17, 15) is 8.78 Å². The highest BCUT2D eigenvalue weighted by molar-refractivity contribution is 5.52. The zero-order valence-corrected chi connectivity index (χ0v) is 13.3. The summed E-state index contributed by atoms with van der Waals surface area (Å²) in [6, 6.07) is 2.76. The number of halogens is 2. The molecule has 1 aliphatic rings. The number of hydrogen-bond acceptors (Lipinski definition) is 2. The summed E-state index contributed by atoms with van der Waals surface area (Å²) in [7, 11) is 0. The largest absolute Gasteiger partial charge is 0.366 e. The molecule has 0 saturated carbocycles.